The Hall–Kier alpha value is -1.49. The van der Waals surface area contributed by atoms with Crippen molar-refractivity contribution < 1.29 is 17.9 Å². The molecule has 0 spiro atoms. The fourth-order valence-electron chi connectivity index (χ4n) is 1.45. The van der Waals surface area contributed by atoms with Crippen LogP contribution in [0.5, 0.6) is 5.75 Å². The predicted octanol–water partition coefficient (Wildman–Crippen LogP) is 4.03. The van der Waals surface area contributed by atoms with Crippen molar-refractivity contribution >= 4 is 0 Å². The van der Waals surface area contributed by atoms with Crippen LogP contribution in [-0.2, 0) is 6.18 Å². The highest BCUT2D eigenvalue weighted by atomic mass is 19.4. The minimum Gasteiger partial charge on any atom is -0.489 e. The topological polar surface area (TPSA) is 21.3 Å². The van der Waals surface area contributed by atoms with Crippen LogP contribution in [0.25, 0.3) is 0 Å². The molecule has 0 unspecified atom stereocenters. The van der Waals surface area contributed by atoms with E-state index in [4.69, 9.17) is 4.74 Å². The lowest BCUT2D eigenvalue weighted by Crippen LogP contribution is -2.37. The number of benzene rings is 1. The van der Waals surface area contributed by atoms with Crippen LogP contribution >= 0.6 is 0 Å². The lowest BCUT2D eigenvalue weighted by molar-refractivity contribution is -0.138. The molecule has 1 N–H and O–H groups in total. The van der Waals surface area contributed by atoms with Crippen LogP contribution in [0.1, 0.15) is 26.3 Å². The first-order valence-electron chi connectivity index (χ1n) is 6.30. The summed E-state index contributed by atoms with van der Waals surface area (Å²) < 4.78 is 43.5. The Morgan fingerprint density at radius 3 is 2.35 bits per heavy atom. The molecule has 0 aliphatic rings. The fourth-order valence-corrected chi connectivity index (χ4v) is 1.45. The SMILES string of the molecule is C=C(CNC(C)(C)C)COc1ccccc1C(F)(F)F. The van der Waals surface area contributed by atoms with E-state index in [0.717, 1.165) is 6.07 Å². The molecule has 1 aromatic rings. The Morgan fingerprint density at radius 2 is 1.80 bits per heavy atom. The Kier molecular flexibility index (Phi) is 5.22. The van der Waals surface area contributed by atoms with E-state index in [1.807, 2.05) is 20.8 Å². The summed E-state index contributed by atoms with van der Waals surface area (Å²) in [5.41, 5.74) is -0.152. The molecule has 0 fully saturated rings. The molecule has 20 heavy (non-hydrogen) atoms. The van der Waals surface area contributed by atoms with Gasteiger partial charge in [-0.2, -0.15) is 13.2 Å². The molecule has 5 heteroatoms. The second kappa shape index (κ2) is 6.31. The molecular formula is C15H20F3NO. The number of halogens is 3. The summed E-state index contributed by atoms with van der Waals surface area (Å²) >= 11 is 0. The first-order chi connectivity index (χ1) is 9.09. The molecule has 0 amide bonds. The van der Waals surface area contributed by atoms with Gasteiger partial charge in [0.25, 0.3) is 0 Å². The molecule has 0 saturated carbocycles. The van der Waals surface area contributed by atoms with E-state index in [0.29, 0.717) is 12.1 Å². The summed E-state index contributed by atoms with van der Waals surface area (Å²) in [6, 6.07) is 5.17. The number of hydrogen-bond acceptors (Lipinski definition) is 2. The standard InChI is InChI=1S/C15H20F3NO/c1-11(9-19-14(2,3)4)10-20-13-8-6-5-7-12(13)15(16,17)18/h5-8,19H,1,9-10H2,2-4H3. The van der Waals surface area contributed by atoms with Gasteiger partial charge in [-0.25, -0.2) is 0 Å². The first kappa shape index (κ1) is 16.6. The number of nitrogens with one attached hydrogen (secondary N) is 1. The van der Waals surface area contributed by atoms with E-state index >= 15 is 0 Å². The number of ether oxygens (including phenoxy) is 1. The van der Waals surface area contributed by atoms with Crippen LogP contribution in [-0.4, -0.2) is 18.7 Å². The van der Waals surface area contributed by atoms with Crippen LogP contribution < -0.4 is 10.1 Å². The van der Waals surface area contributed by atoms with Crippen LogP contribution in [0.15, 0.2) is 36.4 Å². The zero-order chi connectivity index (χ0) is 15.4. The molecule has 0 radical (unpaired) electrons. The molecule has 0 aliphatic carbocycles. The molecule has 1 aromatic carbocycles. The van der Waals surface area contributed by atoms with Gasteiger partial charge in [0.05, 0.1) is 5.56 Å². The Morgan fingerprint density at radius 1 is 1.20 bits per heavy atom. The summed E-state index contributed by atoms with van der Waals surface area (Å²) in [6.45, 7) is 10.3. The number of para-hydroxylation sites is 1. The normalized spacial score (nSPS) is 12.3. The second-order valence-corrected chi connectivity index (χ2v) is 5.64. The van der Waals surface area contributed by atoms with Gasteiger partial charge in [0.15, 0.2) is 0 Å². The second-order valence-electron chi connectivity index (χ2n) is 5.64. The smallest absolute Gasteiger partial charge is 0.419 e. The van der Waals surface area contributed by atoms with Gasteiger partial charge in [-0.05, 0) is 38.5 Å². The number of rotatable bonds is 5. The average molecular weight is 287 g/mol. The van der Waals surface area contributed by atoms with Gasteiger partial charge >= 0.3 is 6.18 Å². The monoisotopic (exact) mass is 287 g/mol. The summed E-state index contributed by atoms with van der Waals surface area (Å²) in [4.78, 5) is 0. The van der Waals surface area contributed by atoms with E-state index in [-0.39, 0.29) is 17.9 Å². The lowest BCUT2D eigenvalue weighted by Gasteiger charge is -2.21. The molecule has 1 rings (SSSR count). The third kappa shape index (κ3) is 5.65. The van der Waals surface area contributed by atoms with Crippen LogP contribution in [0.3, 0.4) is 0 Å². The average Bonchev–Trinajstić information content (AvgIpc) is 2.32. The van der Waals surface area contributed by atoms with Gasteiger partial charge in [0.1, 0.15) is 12.4 Å². The highest BCUT2D eigenvalue weighted by Gasteiger charge is 2.33. The molecule has 0 aliphatic heterocycles. The summed E-state index contributed by atoms with van der Waals surface area (Å²) in [5.74, 6) is -0.170. The van der Waals surface area contributed by atoms with E-state index in [9.17, 15) is 13.2 Å². The Bertz CT molecular complexity index is 461. The first-order valence-corrected chi connectivity index (χ1v) is 6.30. The minimum atomic E-state index is -4.42. The quantitative estimate of drug-likeness (QED) is 0.826. The maximum Gasteiger partial charge on any atom is 0.419 e. The third-order valence-electron chi connectivity index (χ3n) is 2.49. The van der Waals surface area contributed by atoms with E-state index < -0.39 is 11.7 Å². The minimum absolute atomic E-state index is 0.0518. The largest absolute Gasteiger partial charge is 0.489 e. The van der Waals surface area contributed by atoms with Crippen molar-refractivity contribution in [3.05, 3.63) is 42.0 Å². The van der Waals surface area contributed by atoms with Crippen molar-refractivity contribution in [1.29, 1.82) is 0 Å². The van der Waals surface area contributed by atoms with E-state index in [2.05, 4.69) is 11.9 Å². The van der Waals surface area contributed by atoms with E-state index in [1.54, 1.807) is 0 Å². The highest BCUT2D eigenvalue weighted by molar-refractivity contribution is 5.35. The van der Waals surface area contributed by atoms with Crippen molar-refractivity contribution in [2.45, 2.75) is 32.5 Å². The molecule has 2 nitrogen and oxygen atoms in total. The predicted molar refractivity (Wildman–Crippen MR) is 73.8 cm³/mol. The number of alkyl halides is 3. The van der Waals surface area contributed by atoms with Gasteiger partial charge in [-0.15, -0.1) is 0 Å². The zero-order valence-electron chi connectivity index (χ0n) is 12.0. The molecule has 0 atom stereocenters. The maximum atomic E-state index is 12.8. The lowest BCUT2D eigenvalue weighted by atomic mass is 10.1. The Labute approximate surface area is 117 Å². The van der Waals surface area contributed by atoms with Gasteiger partial charge in [0, 0.05) is 12.1 Å². The van der Waals surface area contributed by atoms with Gasteiger partial charge < -0.3 is 10.1 Å². The maximum absolute atomic E-state index is 12.8. The summed E-state index contributed by atoms with van der Waals surface area (Å²) in [5, 5.41) is 3.20. The molecule has 0 bridgehead atoms. The van der Waals surface area contributed by atoms with Crippen LogP contribution in [0, 0.1) is 0 Å². The molecular weight excluding hydrogens is 267 g/mol. The van der Waals surface area contributed by atoms with Crippen molar-refractivity contribution in [3.63, 3.8) is 0 Å². The van der Waals surface area contributed by atoms with Crippen molar-refractivity contribution in [1.82, 2.24) is 5.32 Å². The fraction of sp³-hybridized carbons (Fsp3) is 0.467. The van der Waals surface area contributed by atoms with Gasteiger partial charge in [-0.1, -0.05) is 18.7 Å². The van der Waals surface area contributed by atoms with Crippen molar-refractivity contribution in [2.75, 3.05) is 13.2 Å². The van der Waals surface area contributed by atoms with Crippen molar-refractivity contribution in [2.24, 2.45) is 0 Å². The van der Waals surface area contributed by atoms with Crippen molar-refractivity contribution in [3.8, 4) is 5.75 Å². The molecule has 0 aromatic heterocycles. The number of hydrogen-bond donors (Lipinski definition) is 1. The molecule has 0 saturated heterocycles. The van der Waals surface area contributed by atoms with E-state index in [1.165, 1.54) is 18.2 Å². The summed E-state index contributed by atoms with van der Waals surface area (Å²) in [7, 11) is 0. The molecule has 0 heterocycles. The van der Waals surface area contributed by atoms with Gasteiger partial charge in [0.2, 0.25) is 0 Å². The third-order valence-corrected chi connectivity index (χ3v) is 2.49. The molecule has 112 valence electrons. The highest BCUT2D eigenvalue weighted by Crippen LogP contribution is 2.35. The van der Waals surface area contributed by atoms with Crippen LogP contribution in [0.4, 0.5) is 13.2 Å². The Balaban J connectivity index is 2.60. The van der Waals surface area contributed by atoms with Gasteiger partial charge in [-0.3, -0.25) is 0 Å². The van der Waals surface area contributed by atoms with Crippen LogP contribution in [0.2, 0.25) is 0 Å². The summed E-state index contributed by atoms with van der Waals surface area (Å²) in [6.07, 6.45) is -4.42. The zero-order valence-corrected chi connectivity index (χ0v) is 12.0.